The van der Waals surface area contributed by atoms with Crippen LogP contribution in [0.15, 0.2) is 6.07 Å². The maximum Gasteiger partial charge on any atom is 0.166 e. The number of methoxy groups -OCH3 is 1. The molecule has 0 atom stereocenters. The molecule has 2 N–H and O–H groups in total. The van der Waals surface area contributed by atoms with Crippen molar-refractivity contribution in [2.75, 3.05) is 7.11 Å². The lowest BCUT2D eigenvalue weighted by Gasteiger charge is -2.25. The molecule has 1 aromatic carbocycles. The third-order valence-electron chi connectivity index (χ3n) is 2.28. The second-order valence-electron chi connectivity index (χ2n) is 4.10. The van der Waals surface area contributed by atoms with Crippen LogP contribution >= 0.6 is 11.6 Å². The third-order valence-corrected chi connectivity index (χ3v) is 2.67. The van der Waals surface area contributed by atoms with Crippen LogP contribution in [0.25, 0.3) is 0 Å². The molecule has 0 fully saturated rings. The number of halogens is 2. The Hall–Kier alpha value is -0.800. The van der Waals surface area contributed by atoms with E-state index in [1.165, 1.54) is 13.2 Å². The van der Waals surface area contributed by atoms with Gasteiger partial charge in [0.2, 0.25) is 0 Å². The largest absolute Gasteiger partial charge is 0.493 e. The summed E-state index contributed by atoms with van der Waals surface area (Å²) in [5.41, 5.74) is 6.63. The Morgan fingerprint density at radius 1 is 1.47 bits per heavy atom. The minimum Gasteiger partial charge on any atom is -0.493 e. The van der Waals surface area contributed by atoms with E-state index in [-0.39, 0.29) is 5.75 Å². The summed E-state index contributed by atoms with van der Waals surface area (Å²) in [5, 5.41) is 0.363. The van der Waals surface area contributed by atoms with E-state index in [1.54, 1.807) is 20.8 Å². The molecule has 0 heterocycles. The summed E-state index contributed by atoms with van der Waals surface area (Å²) < 4.78 is 18.6. The minimum absolute atomic E-state index is 0.171. The molecule has 0 radical (unpaired) electrons. The minimum atomic E-state index is -0.693. The third kappa shape index (κ3) is 2.24. The van der Waals surface area contributed by atoms with Gasteiger partial charge in [0.15, 0.2) is 11.6 Å². The van der Waals surface area contributed by atoms with Crippen LogP contribution < -0.4 is 10.5 Å². The number of hydrogen-bond acceptors (Lipinski definition) is 2. The molecule has 0 saturated carbocycles. The lowest BCUT2D eigenvalue weighted by molar-refractivity contribution is 0.367. The maximum absolute atomic E-state index is 13.6. The zero-order chi connectivity index (χ0) is 11.8. The smallest absolute Gasteiger partial charge is 0.166 e. The van der Waals surface area contributed by atoms with Gasteiger partial charge in [-0.15, -0.1) is 0 Å². The fourth-order valence-electron chi connectivity index (χ4n) is 1.67. The fraction of sp³-hybridized carbons (Fsp3) is 0.455. The molecule has 0 aliphatic heterocycles. The summed E-state index contributed by atoms with van der Waals surface area (Å²) in [6.07, 6.45) is 0. The molecular formula is C11H15ClFNO. The van der Waals surface area contributed by atoms with Crippen LogP contribution in [-0.2, 0) is 5.54 Å². The molecule has 0 aliphatic carbocycles. The van der Waals surface area contributed by atoms with Gasteiger partial charge in [-0.25, -0.2) is 4.39 Å². The van der Waals surface area contributed by atoms with Gasteiger partial charge in [0.05, 0.1) is 7.11 Å². The average molecular weight is 232 g/mol. The van der Waals surface area contributed by atoms with Crippen molar-refractivity contribution >= 4 is 11.6 Å². The first-order chi connectivity index (χ1) is 6.79. The predicted octanol–water partition coefficient (Wildman–Crippen LogP) is 2.99. The molecule has 0 saturated heterocycles. The van der Waals surface area contributed by atoms with E-state index >= 15 is 0 Å². The first-order valence-corrected chi connectivity index (χ1v) is 4.98. The first-order valence-electron chi connectivity index (χ1n) is 4.61. The van der Waals surface area contributed by atoms with Crippen molar-refractivity contribution in [3.05, 3.63) is 28.0 Å². The molecule has 0 unspecified atom stereocenters. The van der Waals surface area contributed by atoms with Crippen molar-refractivity contribution in [2.24, 2.45) is 5.73 Å². The van der Waals surface area contributed by atoms with Gasteiger partial charge < -0.3 is 10.5 Å². The van der Waals surface area contributed by atoms with E-state index in [4.69, 9.17) is 22.1 Å². The van der Waals surface area contributed by atoms with Crippen LogP contribution in [-0.4, -0.2) is 7.11 Å². The summed E-state index contributed by atoms with van der Waals surface area (Å²) in [5.74, 6) is -0.314. The molecule has 0 aromatic heterocycles. The maximum atomic E-state index is 13.6. The van der Waals surface area contributed by atoms with Gasteiger partial charge in [0.1, 0.15) is 0 Å². The average Bonchev–Trinajstić information content (AvgIpc) is 2.08. The second-order valence-corrected chi connectivity index (χ2v) is 4.50. The fourth-order valence-corrected chi connectivity index (χ4v) is 1.86. The predicted molar refractivity (Wildman–Crippen MR) is 59.9 cm³/mol. The molecule has 1 rings (SSSR count). The quantitative estimate of drug-likeness (QED) is 0.849. The normalized spacial score (nSPS) is 11.7. The van der Waals surface area contributed by atoms with Crippen molar-refractivity contribution in [2.45, 2.75) is 26.3 Å². The highest BCUT2D eigenvalue weighted by atomic mass is 35.5. The molecule has 0 spiro atoms. The Labute approximate surface area is 94.2 Å². The van der Waals surface area contributed by atoms with E-state index in [0.717, 1.165) is 5.56 Å². The van der Waals surface area contributed by atoms with Crippen molar-refractivity contribution in [3.8, 4) is 5.75 Å². The Morgan fingerprint density at radius 2 is 2.00 bits per heavy atom. The Kier molecular flexibility index (Phi) is 3.26. The summed E-state index contributed by atoms with van der Waals surface area (Å²) in [4.78, 5) is 0. The Bertz CT molecular complexity index is 385. The number of rotatable bonds is 2. The molecular weight excluding hydrogens is 217 g/mol. The van der Waals surface area contributed by atoms with Crippen molar-refractivity contribution in [3.63, 3.8) is 0 Å². The summed E-state index contributed by atoms with van der Waals surface area (Å²) in [6, 6.07) is 1.24. The van der Waals surface area contributed by atoms with Crippen LogP contribution in [0.2, 0.25) is 5.02 Å². The SMILES string of the molecule is COc1c(F)cc(Cl)c(C)c1C(C)(C)N. The molecule has 0 amide bonds. The zero-order valence-electron chi connectivity index (χ0n) is 9.32. The molecule has 0 aliphatic rings. The summed E-state index contributed by atoms with van der Waals surface area (Å²) >= 11 is 5.90. The van der Waals surface area contributed by atoms with E-state index in [9.17, 15) is 4.39 Å². The molecule has 84 valence electrons. The Balaban J connectivity index is 3.59. The van der Waals surface area contributed by atoms with Gasteiger partial charge in [-0.1, -0.05) is 11.6 Å². The van der Waals surface area contributed by atoms with Crippen molar-refractivity contribution in [1.82, 2.24) is 0 Å². The topological polar surface area (TPSA) is 35.2 Å². The Morgan fingerprint density at radius 3 is 2.40 bits per heavy atom. The van der Waals surface area contributed by atoms with Gasteiger partial charge in [-0.2, -0.15) is 0 Å². The summed E-state index contributed by atoms with van der Waals surface area (Å²) in [7, 11) is 1.42. The summed E-state index contributed by atoms with van der Waals surface area (Å²) in [6.45, 7) is 5.37. The highest BCUT2D eigenvalue weighted by molar-refractivity contribution is 6.31. The lowest BCUT2D eigenvalue weighted by atomic mass is 9.90. The van der Waals surface area contributed by atoms with Crippen LogP contribution in [0.1, 0.15) is 25.0 Å². The van der Waals surface area contributed by atoms with Gasteiger partial charge in [0, 0.05) is 16.1 Å². The van der Waals surface area contributed by atoms with E-state index in [0.29, 0.717) is 10.6 Å². The van der Waals surface area contributed by atoms with Gasteiger partial charge in [-0.05, 0) is 32.4 Å². The van der Waals surface area contributed by atoms with Crippen molar-refractivity contribution in [1.29, 1.82) is 0 Å². The number of benzene rings is 1. The van der Waals surface area contributed by atoms with Gasteiger partial charge in [-0.3, -0.25) is 0 Å². The van der Waals surface area contributed by atoms with Crippen LogP contribution in [0.3, 0.4) is 0 Å². The number of ether oxygens (including phenoxy) is 1. The van der Waals surface area contributed by atoms with Crippen LogP contribution in [0, 0.1) is 12.7 Å². The monoisotopic (exact) mass is 231 g/mol. The van der Waals surface area contributed by atoms with Crippen molar-refractivity contribution < 1.29 is 9.13 Å². The molecule has 15 heavy (non-hydrogen) atoms. The molecule has 4 heteroatoms. The highest BCUT2D eigenvalue weighted by Crippen LogP contribution is 2.36. The van der Waals surface area contributed by atoms with E-state index < -0.39 is 11.4 Å². The van der Waals surface area contributed by atoms with E-state index in [1.807, 2.05) is 0 Å². The molecule has 1 aromatic rings. The van der Waals surface area contributed by atoms with Gasteiger partial charge >= 0.3 is 0 Å². The zero-order valence-corrected chi connectivity index (χ0v) is 10.1. The van der Waals surface area contributed by atoms with Crippen LogP contribution in [0.5, 0.6) is 5.75 Å². The number of nitrogens with two attached hydrogens (primary N) is 1. The lowest BCUT2D eigenvalue weighted by Crippen LogP contribution is -2.30. The van der Waals surface area contributed by atoms with Crippen LogP contribution in [0.4, 0.5) is 4.39 Å². The highest BCUT2D eigenvalue weighted by Gasteiger charge is 2.26. The second kappa shape index (κ2) is 3.99. The molecule has 2 nitrogen and oxygen atoms in total. The number of hydrogen-bond donors (Lipinski definition) is 1. The standard InChI is InChI=1S/C11H15ClFNO/c1-6-7(12)5-8(13)10(15-4)9(6)11(2,3)14/h5H,14H2,1-4H3. The van der Waals surface area contributed by atoms with E-state index in [2.05, 4.69) is 0 Å². The first kappa shape index (κ1) is 12.3. The van der Waals surface area contributed by atoms with Gasteiger partial charge in [0.25, 0.3) is 0 Å². The molecule has 0 bridgehead atoms.